The lowest BCUT2D eigenvalue weighted by Gasteiger charge is -2.40. The fourth-order valence-electron chi connectivity index (χ4n) is 6.91. The molecule has 7 heteroatoms. The van der Waals surface area contributed by atoms with E-state index >= 15 is 0 Å². The third-order valence-electron chi connectivity index (χ3n) is 8.70. The smallest absolute Gasteiger partial charge is 0.223 e. The van der Waals surface area contributed by atoms with Gasteiger partial charge in [0.25, 0.3) is 0 Å². The Morgan fingerprint density at radius 3 is 2.40 bits per heavy atom. The van der Waals surface area contributed by atoms with E-state index in [4.69, 9.17) is 0 Å². The molecule has 0 aromatic carbocycles. The minimum absolute atomic E-state index is 0.132. The molecule has 5 rings (SSSR count). The number of hydrogen-bond acceptors (Lipinski definition) is 5. The number of carbonyl (C=O) groups excluding carboxylic acids is 1. The SMILES string of the molecule is Cc1csc([C@H](CCN2[C@@H]3CC[C@H]2C[C@H](n2c(C)nnc2C(C)C)C3)NC(=O)C2CCCCC2)c1. The van der Waals surface area contributed by atoms with Gasteiger partial charge in [0.2, 0.25) is 5.91 Å². The largest absolute Gasteiger partial charge is 0.348 e. The first-order chi connectivity index (χ1) is 16.9. The molecule has 0 unspecified atom stereocenters. The molecule has 6 nitrogen and oxygen atoms in total. The van der Waals surface area contributed by atoms with Gasteiger partial charge in [0.15, 0.2) is 0 Å². The van der Waals surface area contributed by atoms with Gasteiger partial charge in [-0.25, -0.2) is 0 Å². The van der Waals surface area contributed by atoms with E-state index in [-0.39, 0.29) is 17.9 Å². The summed E-state index contributed by atoms with van der Waals surface area (Å²) in [6, 6.07) is 4.17. The second-order valence-electron chi connectivity index (χ2n) is 11.6. The number of piperidine rings is 1. The Labute approximate surface area is 214 Å². The van der Waals surface area contributed by atoms with Crippen molar-refractivity contribution in [3.05, 3.63) is 33.5 Å². The highest BCUT2D eigenvalue weighted by atomic mass is 32.1. The van der Waals surface area contributed by atoms with Gasteiger partial charge in [-0.15, -0.1) is 21.5 Å². The van der Waals surface area contributed by atoms with Crippen LogP contribution < -0.4 is 5.32 Å². The van der Waals surface area contributed by atoms with Crippen LogP contribution in [-0.4, -0.2) is 44.2 Å². The summed E-state index contributed by atoms with van der Waals surface area (Å²) in [4.78, 5) is 17.2. The first-order valence-electron chi connectivity index (χ1n) is 13.9. The van der Waals surface area contributed by atoms with Gasteiger partial charge in [-0.05, 0) is 75.8 Å². The van der Waals surface area contributed by atoms with E-state index in [1.165, 1.54) is 55.4 Å². The summed E-state index contributed by atoms with van der Waals surface area (Å²) >= 11 is 1.80. The second-order valence-corrected chi connectivity index (χ2v) is 12.5. The maximum atomic E-state index is 13.1. The average molecular weight is 498 g/mol. The topological polar surface area (TPSA) is 63.1 Å². The lowest BCUT2D eigenvalue weighted by molar-refractivity contribution is -0.126. The van der Waals surface area contributed by atoms with Gasteiger partial charge in [0.1, 0.15) is 11.6 Å². The van der Waals surface area contributed by atoms with E-state index in [1.54, 1.807) is 11.3 Å². The number of thiophene rings is 1. The highest BCUT2D eigenvalue weighted by Gasteiger charge is 2.42. The predicted octanol–water partition coefficient (Wildman–Crippen LogP) is 6.08. The van der Waals surface area contributed by atoms with Crippen molar-refractivity contribution in [1.29, 1.82) is 0 Å². The van der Waals surface area contributed by atoms with Crippen LogP contribution in [0.2, 0.25) is 0 Å². The number of amides is 1. The minimum atomic E-state index is 0.132. The highest BCUT2D eigenvalue weighted by Crippen LogP contribution is 2.42. The normalized spacial score (nSPS) is 26.4. The number of rotatable bonds is 8. The molecule has 192 valence electrons. The third kappa shape index (κ3) is 5.36. The third-order valence-corrected chi connectivity index (χ3v) is 9.86. The fourth-order valence-corrected chi connectivity index (χ4v) is 7.89. The number of aromatic nitrogens is 3. The van der Waals surface area contributed by atoms with Crippen LogP contribution in [0.3, 0.4) is 0 Å². The first kappa shape index (κ1) is 24.9. The van der Waals surface area contributed by atoms with Crippen molar-refractivity contribution in [2.24, 2.45) is 5.92 Å². The molecule has 3 aliphatic rings. The van der Waals surface area contributed by atoms with Crippen molar-refractivity contribution in [3.63, 3.8) is 0 Å². The Kier molecular flexibility index (Phi) is 7.63. The lowest BCUT2D eigenvalue weighted by Crippen LogP contribution is -2.45. The molecular weight excluding hydrogens is 454 g/mol. The predicted molar refractivity (Wildman–Crippen MR) is 142 cm³/mol. The fraction of sp³-hybridized carbons (Fsp3) is 0.750. The average Bonchev–Trinajstić information content (AvgIpc) is 3.52. The molecule has 0 radical (unpaired) electrons. The highest BCUT2D eigenvalue weighted by molar-refractivity contribution is 7.10. The van der Waals surface area contributed by atoms with E-state index < -0.39 is 0 Å². The number of nitrogens with one attached hydrogen (secondary N) is 1. The minimum Gasteiger partial charge on any atom is -0.348 e. The summed E-state index contributed by atoms with van der Waals surface area (Å²) in [6.45, 7) is 9.77. The second kappa shape index (κ2) is 10.7. The van der Waals surface area contributed by atoms with Crippen LogP contribution in [0.25, 0.3) is 0 Å². The molecule has 1 N–H and O–H groups in total. The van der Waals surface area contributed by atoms with Crippen LogP contribution in [0.5, 0.6) is 0 Å². The van der Waals surface area contributed by atoms with Gasteiger partial charge in [0.05, 0.1) is 6.04 Å². The zero-order chi connectivity index (χ0) is 24.5. The van der Waals surface area contributed by atoms with Gasteiger partial charge in [-0.3, -0.25) is 9.69 Å². The van der Waals surface area contributed by atoms with E-state index in [2.05, 4.69) is 64.1 Å². The number of aryl methyl sites for hydroxylation is 2. The van der Waals surface area contributed by atoms with Crippen LogP contribution >= 0.6 is 11.3 Å². The van der Waals surface area contributed by atoms with Crippen molar-refractivity contribution in [2.75, 3.05) is 6.54 Å². The van der Waals surface area contributed by atoms with E-state index in [1.807, 2.05) is 0 Å². The summed E-state index contributed by atoms with van der Waals surface area (Å²) in [5.74, 6) is 3.09. The van der Waals surface area contributed by atoms with Gasteiger partial charge in [0, 0.05) is 41.4 Å². The monoisotopic (exact) mass is 497 g/mol. The van der Waals surface area contributed by atoms with Crippen LogP contribution in [0, 0.1) is 19.8 Å². The lowest BCUT2D eigenvalue weighted by atomic mass is 9.88. The van der Waals surface area contributed by atoms with E-state index in [9.17, 15) is 4.79 Å². The molecule has 0 spiro atoms. The Balaban J connectivity index is 1.25. The van der Waals surface area contributed by atoms with Crippen molar-refractivity contribution >= 4 is 17.2 Å². The van der Waals surface area contributed by atoms with Crippen LogP contribution in [0.4, 0.5) is 0 Å². The van der Waals surface area contributed by atoms with Crippen molar-refractivity contribution in [1.82, 2.24) is 25.0 Å². The summed E-state index contributed by atoms with van der Waals surface area (Å²) in [7, 11) is 0. The number of fused-ring (bicyclic) bond motifs is 2. The zero-order valence-electron chi connectivity index (χ0n) is 22.0. The van der Waals surface area contributed by atoms with Crippen LogP contribution in [0.15, 0.2) is 11.4 Å². The number of carbonyl (C=O) groups is 1. The standard InChI is InChI=1S/C28H43N5OS/c1-18(2)27-31-30-20(4)33(27)24-15-22-10-11-23(16-24)32(22)13-12-25(26-14-19(3)17-35-26)29-28(34)21-8-6-5-7-9-21/h14,17-18,21-25H,5-13,15-16H2,1-4H3,(H,29,34)/t22-,23+,24-,25-/m0/s1. The Hall–Kier alpha value is -1.73. The Morgan fingerprint density at radius 2 is 1.77 bits per heavy atom. The molecule has 1 amide bonds. The van der Waals surface area contributed by atoms with Gasteiger partial charge < -0.3 is 9.88 Å². The van der Waals surface area contributed by atoms with Gasteiger partial charge in [-0.1, -0.05) is 33.1 Å². The molecule has 4 atom stereocenters. The number of hydrogen-bond donors (Lipinski definition) is 1. The van der Waals surface area contributed by atoms with Gasteiger partial charge in [-0.2, -0.15) is 0 Å². The summed E-state index contributed by atoms with van der Waals surface area (Å²) in [5, 5.41) is 14.6. The Morgan fingerprint density at radius 1 is 1.06 bits per heavy atom. The van der Waals surface area contributed by atoms with E-state index in [0.717, 1.165) is 37.5 Å². The Bertz CT molecular complexity index is 993. The molecule has 4 heterocycles. The van der Waals surface area contributed by atoms with Gasteiger partial charge >= 0.3 is 0 Å². The molecule has 2 saturated heterocycles. The van der Waals surface area contributed by atoms with Crippen LogP contribution in [0.1, 0.15) is 118 Å². The molecular formula is C28H43N5OS. The molecule has 35 heavy (non-hydrogen) atoms. The maximum Gasteiger partial charge on any atom is 0.223 e. The maximum absolute atomic E-state index is 13.1. The molecule has 1 aliphatic carbocycles. The molecule has 2 aliphatic heterocycles. The molecule has 2 aromatic heterocycles. The number of nitrogens with zero attached hydrogens (tertiary/aromatic N) is 4. The zero-order valence-corrected chi connectivity index (χ0v) is 22.8. The quantitative estimate of drug-likeness (QED) is 0.480. The van der Waals surface area contributed by atoms with Crippen molar-refractivity contribution in [2.45, 2.75) is 122 Å². The molecule has 2 bridgehead atoms. The molecule has 1 saturated carbocycles. The van der Waals surface area contributed by atoms with E-state index in [0.29, 0.717) is 24.0 Å². The van der Waals surface area contributed by atoms with Crippen molar-refractivity contribution < 1.29 is 4.79 Å². The summed E-state index contributed by atoms with van der Waals surface area (Å²) < 4.78 is 2.44. The van der Waals surface area contributed by atoms with Crippen LogP contribution in [-0.2, 0) is 4.79 Å². The first-order valence-corrected chi connectivity index (χ1v) is 14.8. The van der Waals surface area contributed by atoms with Crippen molar-refractivity contribution in [3.8, 4) is 0 Å². The summed E-state index contributed by atoms with van der Waals surface area (Å²) in [5.41, 5.74) is 1.30. The summed E-state index contributed by atoms with van der Waals surface area (Å²) in [6.07, 6.45) is 11.7. The molecule has 3 fully saturated rings. The molecule has 2 aromatic rings.